The summed E-state index contributed by atoms with van der Waals surface area (Å²) < 4.78 is 4.65. The summed E-state index contributed by atoms with van der Waals surface area (Å²) in [7, 11) is 1.54. The molecule has 2 heteroatoms. The molecule has 2 nitrogen and oxygen atoms in total. The highest BCUT2D eigenvalue weighted by Crippen LogP contribution is 1.99. The fourth-order valence-electron chi connectivity index (χ4n) is 0.675. The van der Waals surface area contributed by atoms with Crippen molar-refractivity contribution in [2.75, 3.05) is 13.7 Å². The Labute approximate surface area is 56.2 Å². The van der Waals surface area contributed by atoms with Crippen molar-refractivity contribution in [1.82, 2.24) is 0 Å². The largest absolute Gasteiger partial charge is 0.377 e. The van der Waals surface area contributed by atoms with E-state index in [2.05, 4.69) is 4.74 Å². The fourth-order valence-corrected chi connectivity index (χ4v) is 0.675. The minimum Gasteiger partial charge on any atom is -0.377 e. The molecule has 0 atom stereocenters. The van der Waals surface area contributed by atoms with Crippen molar-refractivity contribution in [3.8, 4) is 0 Å². The molecule has 9 heavy (non-hydrogen) atoms. The van der Waals surface area contributed by atoms with Crippen LogP contribution in [-0.4, -0.2) is 19.5 Å². The van der Waals surface area contributed by atoms with Gasteiger partial charge in [0.25, 0.3) is 0 Å². The molecule has 0 saturated heterocycles. The number of ketones is 1. The van der Waals surface area contributed by atoms with Crippen LogP contribution in [0.5, 0.6) is 0 Å². The van der Waals surface area contributed by atoms with Crippen LogP contribution in [0.1, 0.15) is 20.3 Å². The first-order chi connectivity index (χ1) is 4.16. The van der Waals surface area contributed by atoms with Gasteiger partial charge in [0.1, 0.15) is 6.61 Å². The second-order valence-electron chi connectivity index (χ2n) is 2.57. The van der Waals surface area contributed by atoms with Gasteiger partial charge in [0.2, 0.25) is 0 Å². The number of carbonyl (C=O) groups excluding carboxylic acids is 1. The molecule has 0 radical (unpaired) electrons. The lowest BCUT2D eigenvalue weighted by Gasteiger charge is -2.00. The van der Waals surface area contributed by atoms with Gasteiger partial charge in [-0.3, -0.25) is 4.79 Å². The van der Waals surface area contributed by atoms with Crippen molar-refractivity contribution in [2.24, 2.45) is 5.92 Å². The van der Waals surface area contributed by atoms with E-state index >= 15 is 0 Å². The van der Waals surface area contributed by atoms with Crippen molar-refractivity contribution in [1.29, 1.82) is 0 Å². The number of hydrogen-bond donors (Lipinski definition) is 0. The molecular weight excluding hydrogens is 116 g/mol. The van der Waals surface area contributed by atoms with Crippen LogP contribution in [0.3, 0.4) is 0 Å². The number of Topliss-reactive ketones (excluding diaryl/α,β-unsaturated/α-hetero) is 1. The van der Waals surface area contributed by atoms with Gasteiger partial charge in [0, 0.05) is 13.5 Å². The Morgan fingerprint density at radius 2 is 2.11 bits per heavy atom. The van der Waals surface area contributed by atoms with Crippen LogP contribution < -0.4 is 0 Å². The Bertz CT molecular complexity index is 86.9. The van der Waals surface area contributed by atoms with E-state index in [1.165, 1.54) is 7.11 Å². The first-order valence-electron chi connectivity index (χ1n) is 3.17. The van der Waals surface area contributed by atoms with E-state index in [0.29, 0.717) is 12.3 Å². The molecule has 0 fully saturated rings. The maximum absolute atomic E-state index is 10.7. The molecule has 0 aliphatic heterocycles. The van der Waals surface area contributed by atoms with Gasteiger partial charge in [-0.2, -0.15) is 0 Å². The fraction of sp³-hybridized carbons (Fsp3) is 0.857. The number of carbonyl (C=O) groups is 1. The van der Waals surface area contributed by atoms with Crippen molar-refractivity contribution in [3.05, 3.63) is 0 Å². The summed E-state index contributed by atoms with van der Waals surface area (Å²) in [6.07, 6.45) is 0.633. The Balaban J connectivity index is 3.27. The van der Waals surface area contributed by atoms with E-state index in [4.69, 9.17) is 0 Å². The van der Waals surface area contributed by atoms with Crippen molar-refractivity contribution < 1.29 is 9.53 Å². The van der Waals surface area contributed by atoms with Crippen LogP contribution in [0.25, 0.3) is 0 Å². The molecular formula is C7H14O2. The van der Waals surface area contributed by atoms with Crippen molar-refractivity contribution >= 4 is 5.78 Å². The summed E-state index contributed by atoms with van der Waals surface area (Å²) in [5, 5.41) is 0. The number of rotatable bonds is 4. The quantitative estimate of drug-likeness (QED) is 0.572. The average molecular weight is 130 g/mol. The van der Waals surface area contributed by atoms with Crippen LogP contribution >= 0.6 is 0 Å². The lowest BCUT2D eigenvalue weighted by molar-refractivity contribution is -0.123. The summed E-state index contributed by atoms with van der Waals surface area (Å²) >= 11 is 0. The first kappa shape index (κ1) is 8.63. The molecule has 0 aromatic rings. The SMILES string of the molecule is COCC(=O)CC(C)C. The third kappa shape index (κ3) is 5.50. The van der Waals surface area contributed by atoms with Gasteiger partial charge in [-0.25, -0.2) is 0 Å². The van der Waals surface area contributed by atoms with E-state index in [9.17, 15) is 4.79 Å². The predicted molar refractivity (Wildman–Crippen MR) is 36.3 cm³/mol. The molecule has 0 amide bonds. The first-order valence-corrected chi connectivity index (χ1v) is 3.17. The second-order valence-corrected chi connectivity index (χ2v) is 2.57. The lowest BCUT2D eigenvalue weighted by atomic mass is 10.1. The normalized spacial score (nSPS) is 10.2. The Kier molecular flexibility index (Phi) is 4.32. The zero-order chi connectivity index (χ0) is 7.28. The standard InChI is InChI=1S/C7H14O2/c1-6(2)4-7(8)5-9-3/h6H,4-5H2,1-3H3. The number of hydrogen-bond acceptors (Lipinski definition) is 2. The molecule has 54 valence electrons. The topological polar surface area (TPSA) is 26.3 Å². The smallest absolute Gasteiger partial charge is 0.158 e. The third-order valence-electron chi connectivity index (χ3n) is 0.941. The molecule has 0 unspecified atom stereocenters. The van der Waals surface area contributed by atoms with E-state index in [1.807, 2.05) is 13.8 Å². The Morgan fingerprint density at radius 3 is 2.44 bits per heavy atom. The van der Waals surface area contributed by atoms with Crippen molar-refractivity contribution in [2.45, 2.75) is 20.3 Å². The average Bonchev–Trinajstić information content (AvgIpc) is 1.63. The lowest BCUT2D eigenvalue weighted by Crippen LogP contribution is -2.08. The van der Waals surface area contributed by atoms with Gasteiger partial charge in [0.15, 0.2) is 5.78 Å². The van der Waals surface area contributed by atoms with Crippen LogP contribution in [0.2, 0.25) is 0 Å². The maximum Gasteiger partial charge on any atom is 0.158 e. The molecule has 0 saturated carbocycles. The van der Waals surface area contributed by atoms with Crippen molar-refractivity contribution in [3.63, 3.8) is 0 Å². The minimum absolute atomic E-state index is 0.188. The molecule has 0 aromatic heterocycles. The number of ether oxygens (including phenoxy) is 1. The van der Waals surface area contributed by atoms with Crippen LogP contribution in [0.15, 0.2) is 0 Å². The van der Waals surface area contributed by atoms with Crippen LogP contribution in [-0.2, 0) is 9.53 Å². The highest BCUT2D eigenvalue weighted by Gasteiger charge is 2.02. The van der Waals surface area contributed by atoms with Gasteiger partial charge >= 0.3 is 0 Å². The summed E-state index contributed by atoms with van der Waals surface area (Å²) in [5.41, 5.74) is 0. The second kappa shape index (κ2) is 4.50. The molecule has 0 spiro atoms. The number of methoxy groups -OCH3 is 1. The molecule has 0 N–H and O–H groups in total. The zero-order valence-corrected chi connectivity index (χ0v) is 6.31. The maximum atomic E-state index is 10.7. The summed E-state index contributed by atoms with van der Waals surface area (Å²) in [5.74, 6) is 0.639. The third-order valence-corrected chi connectivity index (χ3v) is 0.941. The van der Waals surface area contributed by atoms with Gasteiger partial charge in [0.05, 0.1) is 0 Å². The summed E-state index contributed by atoms with van der Waals surface area (Å²) in [6.45, 7) is 4.30. The van der Waals surface area contributed by atoms with Crippen LogP contribution in [0.4, 0.5) is 0 Å². The predicted octanol–water partition coefficient (Wildman–Crippen LogP) is 1.25. The molecule has 0 bridgehead atoms. The molecule has 0 aliphatic rings. The molecule has 0 rings (SSSR count). The van der Waals surface area contributed by atoms with E-state index in [0.717, 1.165) is 0 Å². The highest BCUT2D eigenvalue weighted by atomic mass is 16.5. The minimum atomic E-state index is 0.188. The zero-order valence-electron chi connectivity index (χ0n) is 6.31. The van der Waals surface area contributed by atoms with Gasteiger partial charge in [-0.15, -0.1) is 0 Å². The van der Waals surface area contributed by atoms with E-state index < -0.39 is 0 Å². The van der Waals surface area contributed by atoms with Gasteiger partial charge in [-0.1, -0.05) is 13.8 Å². The van der Waals surface area contributed by atoms with Gasteiger partial charge < -0.3 is 4.74 Å². The van der Waals surface area contributed by atoms with E-state index in [1.54, 1.807) is 0 Å². The van der Waals surface area contributed by atoms with E-state index in [-0.39, 0.29) is 12.4 Å². The Morgan fingerprint density at radius 1 is 1.56 bits per heavy atom. The molecule has 0 heterocycles. The Hall–Kier alpha value is -0.370. The van der Waals surface area contributed by atoms with Crippen LogP contribution in [0, 0.1) is 5.92 Å². The van der Waals surface area contributed by atoms with Gasteiger partial charge in [-0.05, 0) is 5.92 Å². The highest BCUT2D eigenvalue weighted by molar-refractivity contribution is 5.79. The molecule has 0 aliphatic carbocycles. The summed E-state index contributed by atoms with van der Waals surface area (Å²) in [6, 6.07) is 0. The molecule has 0 aromatic carbocycles. The summed E-state index contributed by atoms with van der Waals surface area (Å²) in [4.78, 5) is 10.7. The monoisotopic (exact) mass is 130 g/mol.